The summed E-state index contributed by atoms with van der Waals surface area (Å²) >= 11 is 8.19. The molecule has 0 radical (unpaired) electrons. The SMILES string of the molecule is FC(F)(F)c1cccc(CNc2ccc(I)cc2Cl)c1. The van der Waals surface area contributed by atoms with Crippen LogP contribution in [0.15, 0.2) is 42.5 Å². The Balaban J connectivity index is 2.11. The zero-order valence-corrected chi connectivity index (χ0v) is 13.1. The van der Waals surface area contributed by atoms with E-state index in [1.54, 1.807) is 18.2 Å². The minimum Gasteiger partial charge on any atom is -0.380 e. The molecule has 0 aliphatic heterocycles. The number of nitrogens with one attached hydrogen (secondary N) is 1. The third kappa shape index (κ3) is 4.02. The smallest absolute Gasteiger partial charge is 0.380 e. The Morgan fingerprint density at radius 2 is 1.85 bits per heavy atom. The molecule has 0 bridgehead atoms. The lowest BCUT2D eigenvalue weighted by Crippen LogP contribution is -2.07. The van der Waals surface area contributed by atoms with E-state index in [9.17, 15) is 13.2 Å². The minimum atomic E-state index is -4.32. The average Bonchev–Trinajstić information content (AvgIpc) is 2.37. The van der Waals surface area contributed by atoms with Crippen molar-refractivity contribution in [1.29, 1.82) is 0 Å². The summed E-state index contributed by atoms with van der Waals surface area (Å²) in [7, 11) is 0. The first-order chi connectivity index (χ1) is 9.36. The fraction of sp³-hybridized carbons (Fsp3) is 0.143. The van der Waals surface area contributed by atoms with E-state index in [0.29, 0.717) is 16.3 Å². The van der Waals surface area contributed by atoms with Crippen molar-refractivity contribution < 1.29 is 13.2 Å². The van der Waals surface area contributed by atoms with Gasteiger partial charge >= 0.3 is 6.18 Å². The van der Waals surface area contributed by atoms with Crippen molar-refractivity contribution in [1.82, 2.24) is 0 Å². The minimum absolute atomic E-state index is 0.282. The molecule has 106 valence electrons. The van der Waals surface area contributed by atoms with Crippen molar-refractivity contribution in [2.75, 3.05) is 5.32 Å². The molecule has 0 aliphatic rings. The molecule has 2 aromatic carbocycles. The summed E-state index contributed by atoms with van der Waals surface area (Å²) in [4.78, 5) is 0. The standard InChI is InChI=1S/C14H10ClF3IN/c15-12-7-11(19)4-5-13(12)20-8-9-2-1-3-10(6-9)14(16,17)18/h1-7,20H,8H2. The lowest BCUT2D eigenvalue weighted by Gasteiger charge is -2.11. The van der Waals surface area contributed by atoms with Crippen LogP contribution >= 0.6 is 34.2 Å². The first kappa shape index (κ1) is 15.4. The number of anilines is 1. The van der Waals surface area contributed by atoms with Gasteiger partial charge in [0, 0.05) is 10.1 Å². The molecule has 1 N–H and O–H groups in total. The van der Waals surface area contributed by atoms with Crippen LogP contribution in [0.1, 0.15) is 11.1 Å². The van der Waals surface area contributed by atoms with Crippen LogP contribution in [0.2, 0.25) is 5.02 Å². The van der Waals surface area contributed by atoms with Crippen LogP contribution in [0.25, 0.3) is 0 Å². The van der Waals surface area contributed by atoms with E-state index in [-0.39, 0.29) is 6.54 Å². The van der Waals surface area contributed by atoms with Gasteiger partial charge in [0.15, 0.2) is 0 Å². The van der Waals surface area contributed by atoms with Crippen LogP contribution in [0.4, 0.5) is 18.9 Å². The monoisotopic (exact) mass is 411 g/mol. The van der Waals surface area contributed by atoms with Gasteiger partial charge in [0.1, 0.15) is 0 Å². The van der Waals surface area contributed by atoms with Crippen LogP contribution in [-0.4, -0.2) is 0 Å². The molecule has 1 nitrogen and oxygen atoms in total. The van der Waals surface area contributed by atoms with Crippen LogP contribution in [0.5, 0.6) is 0 Å². The molecular weight excluding hydrogens is 402 g/mol. The van der Waals surface area contributed by atoms with Crippen LogP contribution in [0.3, 0.4) is 0 Å². The van der Waals surface area contributed by atoms with Gasteiger partial charge in [-0.25, -0.2) is 0 Å². The average molecular weight is 412 g/mol. The molecule has 0 aliphatic carbocycles. The summed E-state index contributed by atoms with van der Waals surface area (Å²) in [6.07, 6.45) is -4.32. The zero-order valence-electron chi connectivity index (χ0n) is 10.1. The topological polar surface area (TPSA) is 12.0 Å². The fourth-order valence-corrected chi connectivity index (χ4v) is 2.61. The van der Waals surface area contributed by atoms with E-state index in [1.165, 1.54) is 6.07 Å². The first-order valence-electron chi connectivity index (χ1n) is 5.71. The number of hydrogen-bond donors (Lipinski definition) is 1. The predicted octanol–water partition coefficient (Wildman–Crippen LogP) is 5.58. The van der Waals surface area contributed by atoms with Gasteiger partial charge in [-0.2, -0.15) is 13.2 Å². The van der Waals surface area contributed by atoms with E-state index >= 15 is 0 Å². The summed E-state index contributed by atoms with van der Waals surface area (Å²) in [6.45, 7) is 0.282. The maximum atomic E-state index is 12.6. The maximum Gasteiger partial charge on any atom is 0.416 e. The Kier molecular flexibility index (Phi) is 4.80. The van der Waals surface area contributed by atoms with Crippen molar-refractivity contribution in [3.05, 3.63) is 62.2 Å². The van der Waals surface area contributed by atoms with E-state index in [1.807, 2.05) is 6.07 Å². The summed E-state index contributed by atoms with van der Waals surface area (Å²) in [5, 5.41) is 3.58. The third-order valence-electron chi connectivity index (χ3n) is 2.67. The van der Waals surface area contributed by atoms with Crippen LogP contribution in [0, 0.1) is 3.57 Å². The van der Waals surface area contributed by atoms with Gasteiger partial charge in [-0.05, 0) is 58.5 Å². The van der Waals surface area contributed by atoms with Gasteiger partial charge in [-0.15, -0.1) is 0 Å². The summed E-state index contributed by atoms with van der Waals surface area (Å²) < 4.78 is 38.8. The van der Waals surface area contributed by atoms with Crippen molar-refractivity contribution in [3.63, 3.8) is 0 Å². The molecule has 6 heteroatoms. The summed E-state index contributed by atoms with van der Waals surface area (Å²) in [6, 6.07) is 10.7. The van der Waals surface area contributed by atoms with E-state index in [0.717, 1.165) is 15.7 Å². The van der Waals surface area contributed by atoms with Gasteiger partial charge in [0.25, 0.3) is 0 Å². The lowest BCUT2D eigenvalue weighted by atomic mass is 10.1. The van der Waals surface area contributed by atoms with Gasteiger partial charge in [-0.3, -0.25) is 0 Å². The normalized spacial score (nSPS) is 11.4. The van der Waals surface area contributed by atoms with E-state index in [2.05, 4.69) is 27.9 Å². The molecule has 2 aromatic rings. The quantitative estimate of drug-likeness (QED) is 0.651. The van der Waals surface area contributed by atoms with Crippen molar-refractivity contribution >= 4 is 39.9 Å². The molecule has 2 rings (SSSR count). The number of rotatable bonds is 3. The van der Waals surface area contributed by atoms with Crippen LogP contribution < -0.4 is 5.32 Å². The molecule has 0 spiro atoms. The fourth-order valence-electron chi connectivity index (χ4n) is 1.69. The van der Waals surface area contributed by atoms with Gasteiger partial charge in [0.05, 0.1) is 16.3 Å². The molecule has 0 unspecified atom stereocenters. The molecule has 0 atom stereocenters. The molecule has 0 fully saturated rings. The Labute approximate surface area is 133 Å². The Morgan fingerprint density at radius 1 is 1.10 bits per heavy atom. The Morgan fingerprint density at radius 3 is 2.50 bits per heavy atom. The summed E-state index contributed by atoms with van der Waals surface area (Å²) in [5.74, 6) is 0. The predicted molar refractivity (Wildman–Crippen MR) is 82.9 cm³/mol. The second-order valence-electron chi connectivity index (χ2n) is 4.18. The number of hydrogen-bond acceptors (Lipinski definition) is 1. The zero-order chi connectivity index (χ0) is 14.8. The highest BCUT2D eigenvalue weighted by Crippen LogP contribution is 2.30. The molecule has 0 amide bonds. The van der Waals surface area contributed by atoms with Crippen LogP contribution in [-0.2, 0) is 12.7 Å². The largest absolute Gasteiger partial charge is 0.416 e. The van der Waals surface area contributed by atoms with Crippen molar-refractivity contribution in [3.8, 4) is 0 Å². The van der Waals surface area contributed by atoms with Crippen molar-refractivity contribution in [2.45, 2.75) is 12.7 Å². The maximum absolute atomic E-state index is 12.6. The molecule has 0 saturated carbocycles. The first-order valence-corrected chi connectivity index (χ1v) is 7.17. The van der Waals surface area contributed by atoms with E-state index < -0.39 is 11.7 Å². The Bertz CT molecular complexity index is 614. The molecule has 0 aromatic heterocycles. The molecule has 20 heavy (non-hydrogen) atoms. The summed E-state index contributed by atoms with van der Waals surface area (Å²) in [5.41, 5.74) is 0.601. The second kappa shape index (κ2) is 6.22. The number of benzene rings is 2. The second-order valence-corrected chi connectivity index (χ2v) is 5.83. The lowest BCUT2D eigenvalue weighted by molar-refractivity contribution is -0.137. The van der Waals surface area contributed by atoms with Crippen molar-refractivity contribution in [2.24, 2.45) is 0 Å². The Hall–Kier alpha value is -0.950. The number of halogens is 5. The molecule has 0 saturated heterocycles. The van der Waals surface area contributed by atoms with E-state index in [4.69, 9.17) is 11.6 Å². The highest BCUT2D eigenvalue weighted by molar-refractivity contribution is 14.1. The van der Waals surface area contributed by atoms with Gasteiger partial charge in [-0.1, -0.05) is 23.7 Å². The third-order valence-corrected chi connectivity index (χ3v) is 3.65. The van der Waals surface area contributed by atoms with Gasteiger partial charge < -0.3 is 5.32 Å². The highest BCUT2D eigenvalue weighted by atomic mass is 127. The van der Waals surface area contributed by atoms with Gasteiger partial charge in [0.2, 0.25) is 0 Å². The highest BCUT2D eigenvalue weighted by Gasteiger charge is 2.30. The number of alkyl halides is 3. The molecular formula is C14H10ClF3IN. The molecule has 0 heterocycles.